The Morgan fingerprint density at radius 2 is 1.94 bits per heavy atom. The number of alkyl halides is 2. The first-order valence-corrected chi connectivity index (χ1v) is 5.24. The average molecular weight is 226 g/mol. The van der Waals surface area contributed by atoms with Gasteiger partial charge in [-0.05, 0) is 18.9 Å². The highest BCUT2D eigenvalue weighted by molar-refractivity contribution is 5.89. The molecular weight excluding hydrogens is 214 g/mol. The minimum atomic E-state index is -3.02. The smallest absolute Gasteiger partial charge is 0.336 e. The molecule has 0 aliphatic heterocycles. The van der Waals surface area contributed by atoms with E-state index in [1.54, 1.807) is 0 Å². The first-order valence-electron chi connectivity index (χ1n) is 5.24. The molecule has 0 spiro atoms. The fourth-order valence-electron chi connectivity index (χ4n) is 1.95. The van der Waals surface area contributed by atoms with E-state index in [2.05, 4.69) is 0 Å². The monoisotopic (exact) mass is 226 g/mol. The Hall–Kier alpha value is -1.45. The van der Waals surface area contributed by atoms with Gasteiger partial charge in [0.2, 0.25) is 0 Å². The molecule has 0 saturated heterocycles. The van der Waals surface area contributed by atoms with Gasteiger partial charge in [0.25, 0.3) is 5.92 Å². The number of benzene rings is 1. The maximum Gasteiger partial charge on any atom is 0.336 e. The highest BCUT2D eigenvalue weighted by atomic mass is 19.3. The van der Waals surface area contributed by atoms with Crippen LogP contribution in [0.1, 0.15) is 35.2 Å². The SMILES string of the molecule is O=C(O)c1ccccc1C(F)(F)C1CCC1. The van der Waals surface area contributed by atoms with Crippen LogP contribution in [0.25, 0.3) is 0 Å². The molecule has 1 aromatic carbocycles. The van der Waals surface area contributed by atoms with Crippen molar-refractivity contribution in [1.82, 2.24) is 0 Å². The van der Waals surface area contributed by atoms with E-state index in [0.29, 0.717) is 12.8 Å². The number of carboxylic acid groups (broad SMARTS) is 1. The Morgan fingerprint density at radius 3 is 2.44 bits per heavy atom. The molecule has 0 aromatic heterocycles. The summed E-state index contributed by atoms with van der Waals surface area (Å²) in [4.78, 5) is 10.9. The van der Waals surface area contributed by atoms with E-state index in [9.17, 15) is 13.6 Å². The summed E-state index contributed by atoms with van der Waals surface area (Å²) in [6.45, 7) is 0. The number of hydrogen-bond acceptors (Lipinski definition) is 1. The van der Waals surface area contributed by atoms with Gasteiger partial charge in [0, 0.05) is 11.5 Å². The van der Waals surface area contributed by atoms with Gasteiger partial charge in [0.15, 0.2) is 0 Å². The largest absolute Gasteiger partial charge is 0.478 e. The van der Waals surface area contributed by atoms with E-state index in [0.717, 1.165) is 6.42 Å². The van der Waals surface area contributed by atoms with E-state index in [4.69, 9.17) is 5.11 Å². The van der Waals surface area contributed by atoms with Crippen LogP contribution >= 0.6 is 0 Å². The van der Waals surface area contributed by atoms with Crippen molar-refractivity contribution in [3.05, 3.63) is 35.4 Å². The molecule has 1 N–H and O–H groups in total. The lowest BCUT2D eigenvalue weighted by Crippen LogP contribution is -2.32. The highest BCUT2D eigenvalue weighted by Gasteiger charge is 2.46. The van der Waals surface area contributed by atoms with Crippen LogP contribution in [-0.2, 0) is 5.92 Å². The van der Waals surface area contributed by atoms with Gasteiger partial charge in [-0.15, -0.1) is 0 Å². The second-order valence-corrected chi connectivity index (χ2v) is 4.10. The predicted octanol–water partition coefficient (Wildman–Crippen LogP) is 3.28. The molecule has 1 saturated carbocycles. The van der Waals surface area contributed by atoms with Crippen LogP contribution < -0.4 is 0 Å². The number of carbonyl (C=O) groups is 1. The summed E-state index contributed by atoms with van der Waals surface area (Å²) in [7, 11) is 0. The summed E-state index contributed by atoms with van der Waals surface area (Å²) in [5, 5.41) is 8.87. The first kappa shape index (κ1) is 11.0. The summed E-state index contributed by atoms with van der Waals surface area (Å²) < 4.78 is 27.9. The molecule has 0 heterocycles. The van der Waals surface area contributed by atoms with Crippen molar-refractivity contribution >= 4 is 5.97 Å². The maximum absolute atomic E-state index is 14.0. The molecular formula is C12H12F2O2. The van der Waals surface area contributed by atoms with Gasteiger partial charge in [-0.2, -0.15) is 0 Å². The van der Waals surface area contributed by atoms with Gasteiger partial charge < -0.3 is 5.11 Å². The van der Waals surface area contributed by atoms with Crippen LogP contribution in [-0.4, -0.2) is 11.1 Å². The van der Waals surface area contributed by atoms with Crippen molar-refractivity contribution in [2.24, 2.45) is 5.92 Å². The molecule has 16 heavy (non-hydrogen) atoms. The van der Waals surface area contributed by atoms with Gasteiger partial charge in [0.05, 0.1) is 5.56 Å². The van der Waals surface area contributed by atoms with Crippen LogP contribution in [0.5, 0.6) is 0 Å². The number of halogens is 2. The lowest BCUT2D eigenvalue weighted by Gasteiger charge is -2.34. The average Bonchev–Trinajstić information content (AvgIpc) is 2.14. The van der Waals surface area contributed by atoms with E-state index >= 15 is 0 Å². The Bertz CT molecular complexity index is 411. The summed E-state index contributed by atoms with van der Waals surface area (Å²) in [5.41, 5.74) is -0.647. The van der Waals surface area contributed by atoms with Gasteiger partial charge in [-0.25, -0.2) is 13.6 Å². The summed E-state index contributed by atoms with van der Waals surface area (Å²) in [5.74, 6) is -5.02. The normalized spacial score (nSPS) is 16.9. The van der Waals surface area contributed by atoms with Crippen LogP contribution in [0, 0.1) is 5.92 Å². The second-order valence-electron chi connectivity index (χ2n) is 4.10. The van der Waals surface area contributed by atoms with Gasteiger partial charge in [0.1, 0.15) is 0 Å². The molecule has 0 unspecified atom stereocenters. The van der Waals surface area contributed by atoms with E-state index in [1.807, 2.05) is 0 Å². The van der Waals surface area contributed by atoms with E-state index in [1.165, 1.54) is 24.3 Å². The number of carboxylic acids is 1. The van der Waals surface area contributed by atoms with Crippen molar-refractivity contribution in [1.29, 1.82) is 0 Å². The molecule has 0 atom stereocenters. The van der Waals surface area contributed by atoms with Crippen molar-refractivity contribution in [3.8, 4) is 0 Å². The molecule has 4 heteroatoms. The summed E-state index contributed by atoms with van der Waals surface area (Å²) in [6, 6.07) is 5.35. The zero-order chi connectivity index (χ0) is 11.8. The Labute approximate surface area is 91.9 Å². The first-order chi connectivity index (χ1) is 7.53. The van der Waals surface area contributed by atoms with Crippen LogP contribution in [0.4, 0.5) is 8.78 Å². The van der Waals surface area contributed by atoms with Gasteiger partial charge in [-0.3, -0.25) is 0 Å². The molecule has 0 bridgehead atoms. The Kier molecular flexibility index (Phi) is 2.66. The fraction of sp³-hybridized carbons (Fsp3) is 0.417. The van der Waals surface area contributed by atoms with E-state index in [-0.39, 0.29) is 11.1 Å². The fourth-order valence-corrected chi connectivity index (χ4v) is 1.95. The second kappa shape index (κ2) is 3.85. The van der Waals surface area contributed by atoms with Gasteiger partial charge in [-0.1, -0.05) is 24.6 Å². The molecule has 1 aliphatic carbocycles. The zero-order valence-electron chi connectivity index (χ0n) is 8.62. The standard InChI is InChI=1S/C12H12F2O2/c13-12(14,8-4-3-5-8)10-7-2-1-6-9(10)11(15)16/h1-2,6-8H,3-5H2,(H,15,16). The molecule has 86 valence electrons. The minimum Gasteiger partial charge on any atom is -0.478 e. The van der Waals surface area contributed by atoms with Crippen molar-refractivity contribution in [3.63, 3.8) is 0 Å². The summed E-state index contributed by atoms with van der Waals surface area (Å²) in [6.07, 6.45) is 1.75. The molecule has 0 radical (unpaired) electrons. The van der Waals surface area contributed by atoms with Crippen molar-refractivity contribution < 1.29 is 18.7 Å². The predicted molar refractivity (Wildman–Crippen MR) is 54.6 cm³/mol. The lowest BCUT2D eigenvalue weighted by atomic mass is 9.77. The Morgan fingerprint density at radius 1 is 1.31 bits per heavy atom. The molecule has 1 aromatic rings. The number of hydrogen-bond donors (Lipinski definition) is 1. The maximum atomic E-state index is 14.0. The third kappa shape index (κ3) is 1.68. The molecule has 2 nitrogen and oxygen atoms in total. The Balaban J connectivity index is 2.42. The van der Waals surface area contributed by atoms with Crippen LogP contribution in [0.15, 0.2) is 24.3 Å². The van der Waals surface area contributed by atoms with Crippen molar-refractivity contribution in [2.45, 2.75) is 25.2 Å². The number of rotatable bonds is 3. The van der Waals surface area contributed by atoms with E-state index < -0.39 is 17.8 Å². The van der Waals surface area contributed by atoms with Crippen LogP contribution in [0.2, 0.25) is 0 Å². The van der Waals surface area contributed by atoms with Gasteiger partial charge >= 0.3 is 5.97 Å². The number of aromatic carboxylic acids is 1. The van der Waals surface area contributed by atoms with Crippen molar-refractivity contribution in [2.75, 3.05) is 0 Å². The minimum absolute atomic E-state index is 0.292. The quantitative estimate of drug-likeness (QED) is 0.858. The third-order valence-corrected chi connectivity index (χ3v) is 3.13. The topological polar surface area (TPSA) is 37.3 Å². The summed E-state index contributed by atoms with van der Waals surface area (Å²) >= 11 is 0. The zero-order valence-corrected chi connectivity index (χ0v) is 8.62. The van der Waals surface area contributed by atoms with Crippen LogP contribution in [0.3, 0.4) is 0 Å². The molecule has 0 amide bonds. The molecule has 1 fully saturated rings. The molecule has 2 rings (SSSR count). The molecule has 1 aliphatic rings. The lowest BCUT2D eigenvalue weighted by molar-refractivity contribution is -0.0948. The third-order valence-electron chi connectivity index (χ3n) is 3.13. The highest BCUT2D eigenvalue weighted by Crippen LogP contribution is 2.47.